The number of nitrogens with one attached hydrogen (secondary N) is 1. The summed E-state index contributed by atoms with van der Waals surface area (Å²) < 4.78 is 79.2. The minimum Gasteiger partial charge on any atom is -0.491 e. The van der Waals surface area contributed by atoms with Crippen molar-refractivity contribution in [3.05, 3.63) is 62.8 Å². The predicted molar refractivity (Wildman–Crippen MR) is 110 cm³/mol. The Morgan fingerprint density at radius 2 is 1.89 bits per heavy atom. The zero-order valence-electron chi connectivity index (χ0n) is 18.3. The number of pyridine rings is 1. The molecule has 3 heterocycles. The van der Waals surface area contributed by atoms with E-state index in [9.17, 15) is 36.3 Å². The predicted octanol–water partition coefficient (Wildman–Crippen LogP) is 2.26. The van der Waals surface area contributed by atoms with Gasteiger partial charge in [-0.25, -0.2) is 22.0 Å². The lowest BCUT2D eigenvalue weighted by Gasteiger charge is -2.45. The average molecular weight is 501 g/mol. The Bertz CT molecular complexity index is 1210. The van der Waals surface area contributed by atoms with E-state index in [1.165, 1.54) is 4.57 Å². The number of nitrogens with zero attached hydrogens (tertiary/aromatic N) is 2. The molecule has 2 atom stereocenters. The molecule has 188 valence electrons. The number of alkyl halides is 2. The number of amides is 2. The fraction of sp³-hybridized carbons (Fsp3) is 0.409. The second-order valence-corrected chi connectivity index (χ2v) is 8.04. The molecular weight excluding hydrogens is 481 g/mol. The molecule has 1 N–H and O–H groups in total. The molecule has 0 unspecified atom stereocenters. The minimum atomic E-state index is -2.83. The summed E-state index contributed by atoms with van der Waals surface area (Å²) in [6.45, 7) is -1.35. The highest BCUT2D eigenvalue weighted by molar-refractivity contribution is 5.99. The molecule has 0 saturated carbocycles. The second-order valence-electron chi connectivity index (χ2n) is 8.04. The van der Waals surface area contributed by atoms with Crippen LogP contribution in [0.25, 0.3) is 0 Å². The van der Waals surface area contributed by atoms with Crippen LogP contribution in [0, 0.1) is 17.5 Å². The first-order valence-corrected chi connectivity index (χ1v) is 10.6. The molecule has 4 rings (SSSR count). The van der Waals surface area contributed by atoms with Crippen molar-refractivity contribution in [1.82, 2.24) is 14.8 Å². The third-order valence-electron chi connectivity index (χ3n) is 6.02. The molecule has 8 nitrogen and oxygen atoms in total. The number of rotatable bonds is 6. The molecule has 0 bridgehead atoms. The summed E-state index contributed by atoms with van der Waals surface area (Å²) >= 11 is 0. The lowest BCUT2D eigenvalue weighted by molar-refractivity contribution is -0.0339. The van der Waals surface area contributed by atoms with Gasteiger partial charge in [0.05, 0.1) is 32.3 Å². The van der Waals surface area contributed by atoms with E-state index in [-0.39, 0.29) is 18.9 Å². The van der Waals surface area contributed by atoms with Gasteiger partial charge in [0.1, 0.15) is 23.0 Å². The van der Waals surface area contributed by atoms with Gasteiger partial charge in [0, 0.05) is 37.0 Å². The van der Waals surface area contributed by atoms with Crippen LogP contribution in [0.1, 0.15) is 38.9 Å². The quantitative estimate of drug-likeness (QED) is 0.614. The maximum atomic E-state index is 13.9. The lowest BCUT2D eigenvalue weighted by Crippen LogP contribution is -2.57. The first-order chi connectivity index (χ1) is 16.6. The maximum Gasteiger partial charge on any atom is 0.275 e. The molecule has 1 fully saturated rings. The molecule has 0 aliphatic carbocycles. The lowest BCUT2D eigenvalue weighted by atomic mass is 9.95. The monoisotopic (exact) mass is 501 g/mol. The van der Waals surface area contributed by atoms with Gasteiger partial charge < -0.3 is 24.3 Å². The number of methoxy groups -OCH3 is 1. The Labute approximate surface area is 195 Å². The van der Waals surface area contributed by atoms with E-state index in [2.05, 4.69) is 5.32 Å². The van der Waals surface area contributed by atoms with Crippen LogP contribution in [0.5, 0.6) is 5.75 Å². The summed E-state index contributed by atoms with van der Waals surface area (Å²) in [5, 5.41) is 2.20. The Morgan fingerprint density at radius 1 is 1.20 bits per heavy atom. The van der Waals surface area contributed by atoms with Gasteiger partial charge in [0.25, 0.3) is 18.2 Å². The van der Waals surface area contributed by atoms with Crippen LogP contribution in [0.2, 0.25) is 0 Å². The van der Waals surface area contributed by atoms with E-state index < -0.39 is 83.2 Å². The molecule has 2 amide bonds. The van der Waals surface area contributed by atoms with Gasteiger partial charge in [-0.15, -0.1) is 0 Å². The Balaban J connectivity index is 1.73. The fourth-order valence-corrected chi connectivity index (χ4v) is 4.42. The smallest absolute Gasteiger partial charge is 0.275 e. The first-order valence-electron chi connectivity index (χ1n) is 10.6. The van der Waals surface area contributed by atoms with E-state index in [1.54, 1.807) is 0 Å². The van der Waals surface area contributed by atoms with Crippen molar-refractivity contribution in [3.8, 4) is 5.75 Å². The molecule has 2 aliphatic heterocycles. The summed E-state index contributed by atoms with van der Waals surface area (Å²) in [4.78, 5) is 39.9. The number of halogens is 5. The second kappa shape index (κ2) is 9.64. The average Bonchev–Trinajstić information content (AvgIpc) is 2.80. The topological polar surface area (TPSA) is 89.9 Å². The van der Waals surface area contributed by atoms with E-state index in [0.717, 1.165) is 18.2 Å². The van der Waals surface area contributed by atoms with Crippen LogP contribution in [-0.2, 0) is 11.3 Å². The Kier molecular flexibility index (Phi) is 6.79. The van der Waals surface area contributed by atoms with Crippen LogP contribution in [0.4, 0.5) is 22.0 Å². The van der Waals surface area contributed by atoms with Gasteiger partial charge in [-0.2, -0.15) is 0 Å². The van der Waals surface area contributed by atoms with E-state index in [4.69, 9.17) is 9.47 Å². The van der Waals surface area contributed by atoms with Gasteiger partial charge in [-0.1, -0.05) is 0 Å². The molecule has 1 saturated heterocycles. The number of ether oxygens (including phenoxy) is 2. The SMILES string of the molecule is COc1c2n(cc(C(=O)NCc3c(F)cc(F)cc3F)c1=O)[C@H]1CCOC[C@H]1N(CC(F)F)C2=O. The van der Waals surface area contributed by atoms with Crippen LogP contribution in [-0.4, -0.2) is 60.6 Å². The van der Waals surface area contributed by atoms with Crippen molar-refractivity contribution < 1.29 is 41.0 Å². The van der Waals surface area contributed by atoms with Crippen LogP contribution < -0.4 is 15.5 Å². The van der Waals surface area contributed by atoms with Crippen LogP contribution in [0.3, 0.4) is 0 Å². The van der Waals surface area contributed by atoms with Gasteiger partial charge >= 0.3 is 0 Å². The molecule has 1 aromatic heterocycles. The maximum absolute atomic E-state index is 13.9. The van der Waals surface area contributed by atoms with Crippen molar-refractivity contribution >= 4 is 11.8 Å². The van der Waals surface area contributed by atoms with Gasteiger partial charge in [-0.3, -0.25) is 14.4 Å². The van der Waals surface area contributed by atoms with E-state index >= 15 is 0 Å². The van der Waals surface area contributed by atoms with Crippen molar-refractivity contribution in [2.75, 3.05) is 26.9 Å². The third kappa shape index (κ3) is 4.47. The minimum absolute atomic E-state index is 0.0261. The first kappa shape index (κ1) is 24.6. The number of aromatic nitrogens is 1. The number of hydrogen-bond acceptors (Lipinski definition) is 5. The zero-order valence-corrected chi connectivity index (χ0v) is 18.3. The van der Waals surface area contributed by atoms with Crippen molar-refractivity contribution in [2.45, 2.75) is 31.5 Å². The number of carbonyl (C=O) groups is 2. The normalized spacial score (nSPS) is 19.4. The molecule has 0 radical (unpaired) electrons. The van der Waals surface area contributed by atoms with Crippen molar-refractivity contribution in [3.63, 3.8) is 0 Å². The number of hydrogen-bond donors (Lipinski definition) is 1. The Hall–Kier alpha value is -3.48. The van der Waals surface area contributed by atoms with Gasteiger partial charge in [0.15, 0.2) is 11.4 Å². The summed E-state index contributed by atoms with van der Waals surface area (Å²) in [5.74, 6) is -6.02. The zero-order chi connectivity index (χ0) is 25.4. The number of fused-ring (bicyclic) bond motifs is 3. The summed E-state index contributed by atoms with van der Waals surface area (Å²) in [7, 11) is 1.09. The van der Waals surface area contributed by atoms with E-state index in [1.807, 2.05) is 0 Å². The molecule has 13 heteroatoms. The van der Waals surface area contributed by atoms with Crippen LogP contribution in [0.15, 0.2) is 23.1 Å². The van der Waals surface area contributed by atoms with Crippen molar-refractivity contribution in [2.24, 2.45) is 0 Å². The largest absolute Gasteiger partial charge is 0.491 e. The van der Waals surface area contributed by atoms with Crippen LogP contribution >= 0.6 is 0 Å². The molecule has 2 aromatic rings. The highest BCUT2D eigenvalue weighted by atomic mass is 19.3. The van der Waals surface area contributed by atoms with Gasteiger partial charge in [0.2, 0.25) is 5.43 Å². The molecule has 2 aliphatic rings. The molecule has 0 spiro atoms. The molecular formula is C22H20F5N3O5. The molecule has 1 aromatic carbocycles. The third-order valence-corrected chi connectivity index (χ3v) is 6.02. The number of benzene rings is 1. The summed E-state index contributed by atoms with van der Waals surface area (Å²) in [6, 6.07) is -0.473. The molecule has 35 heavy (non-hydrogen) atoms. The summed E-state index contributed by atoms with van der Waals surface area (Å²) in [5.41, 5.74) is -2.40. The summed E-state index contributed by atoms with van der Waals surface area (Å²) in [6.07, 6.45) is -1.43. The standard InChI is InChI=1S/C22H20F5N3O5/c1-34-20-18-22(33)30(8-17(26)27)16-9-35-3-2-15(16)29(18)7-12(19(20)31)21(32)28-6-11-13(24)4-10(23)5-14(11)25/h4-5,7,15-17H,2-3,6,8-9H2,1H3,(H,28,32)/t15-,16+/m0/s1. The van der Waals surface area contributed by atoms with Gasteiger partial charge in [-0.05, 0) is 6.42 Å². The van der Waals surface area contributed by atoms with Crippen molar-refractivity contribution in [1.29, 1.82) is 0 Å². The highest BCUT2D eigenvalue weighted by Gasteiger charge is 2.44. The van der Waals surface area contributed by atoms with E-state index in [0.29, 0.717) is 18.6 Å². The number of carbonyl (C=O) groups excluding carboxylic acids is 2. The fourth-order valence-electron chi connectivity index (χ4n) is 4.42. The highest BCUT2D eigenvalue weighted by Crippen LogP contribution is 2.35. The Morgan fingerprint density at radius 3 is 2.51 bits per heavy atom.